The molecule has 0 bridgehead atoms. The van der Waals surface area contributed by atoms with Gasteiger partial charge in [0.25, 0.3) is 0 Å². The van der Waals surface area contributed by atoms with E-state index in [0.717, 1.165) is 10.6 Å². The van der Waals surface area contributed by atoms with E-state index < -0.39 is 15.1 Å². The molecule has 0 unspecified atom stereocenters. The molecule has 0 aliphatic rings. The maximum absolute atomic E-state index is 12.6. The predicted molar refractivity (Wildman–Crippen MR) is 103 cm³/mol. The number of nitrogens with zero attached hydrogens (tertiary/aromatic N) is 2. The highest BCUT2D eigenvalue weighted by Crippen LogP contribution is 2.32. The van der Waals surface area contributed by atoms with E-state index in [9.17, 15) is 8.42 Å². The van der Waals surface area contributed by atoms with Gasteiger partial charge in [0.2, 0.25) is 0 Å². The molecule has 2 heterocycles. The quantitative estimate of drug-likeness (QED) is 0.620. The van der Waals surface area contributed by atoms with Gasteiger partial charge in [-0.15, -0.1) is 11.8 Å². The highest BCUT2D eigenvalue weighted by atomic mass is 32.2. The fraction of sp³-hybridized carbons (Fsp3) is 0.294. The van der Waals surface area contributed by atoms with Crippen LogP contribution in [0.4, 0.5) is 5.82 Å². The standard InChI is InChI=1S/C17H20N4O3S2/c1-10(2)26(22,23)13-6-14-16(20-21-17(14)18)15(7-13)24-9-11-4-5-12(25-3)8-19-11/h4-8,10H,9H2,1-3H3,(H3,18,20,21). The van der Waals surface area contributed by atoms with E-state index in [2.05, 4.69) is 15.2 Å². The Bertz CT molecular complexity index is 1030. The van der Waals surface area contributed by atoms with Crippen LogP contribution < -0.4 is 10.5 Å². The summed E-state index contributed by atoms with van der Waals surface area (Å²) in [7, 11) is -3.47. The van der Waals surface area contributed by atoms with Crippen LogP contribution in [0.25, 0.3) is 10.9 Å². The number of aromatic amines is 1. The number of hydrogen-bond acceptors (Lipinski definition) is 7. The minimum atomic E-state index is -3.47. The van der Waals surface area contributed by atoms with Crippen molar-refractivity contribution in [2.45, 2.75) is 35.5 Å². The van der Waals surface area contributed by atoms with Gasteiger partial charge in [0, 0.05) is 22.5 Å². The second-order valence-electron chi connectivity index (χ2n) is 6.02. The largest absolute Gasteiger partial charge is 0.485 e. The lowest BCUT2D eigenvalue weighted by atomic mass is 10.2. The Hall–Kier alpha value is -2.26. The van der Waals surface area contributed by atoms with Gasteiger partial charge >= 0.3 is 0 Å². The Balaban J connectivity index is 1.98. The van der Waals surface area contributed by atoms with Gasteiger partial charge in [-0.2, -0.15) is 5.10 Å². The number of fused-ring (bicyclic) bond motifs is 1. The van der Waals surface area contributed by atoms with Crippen molar-refractivity contribution in [3.8, 4) is 5.75 Å². The predicted octanol–water partition coefficient (Wildman–Crippen LogP) is 3.02. The van der Waals surface area contributed by atoms with Crippen molar-refractivity contribution in [3.05, 3.63) is 36.2 Å². The summed E-state index contributed by atoms with van der Waals surface area (Å²) in [5.74, 6) is 0.606. The summed E-state index contributed by atoms with van der Waals surface area (Å²) in [5.41, 5.74) is 7.16. The number of aromatic nitrogens is 3. The molecule has 2 aromatic heterocycles. The lowest BCUT2D eigenvalue weighted by molar-refractivity contribution is 0.303. The van der Waals surface area contributed by atoms with Crippen LogP contribution in [0.2, 0.25) is 0 Å². The molecule has 0 saturated heterocycles. The van der Waals surface area contributed by atoms with Crippen molar-refractivity contribution in [1.29, 1.82) is 0 Å². The molecular weight excluding hydrogens is 372 g/mol. The number of anilines is 1. The van der Waals surface area contributed by atoms with Crippen LogP contribution in [-0.2, 0) is 16.4 Å². The van der Waals surface area contributed by atoms with E-state index in [4.69, 9.17) is 10.5 Å². The minimum absolute atomic E-state index is 0.161. The first-order valence-electron chi connectivity index (χ1n) is 7.96. The second kappa shape index (κ2) is 7.16. The highest BCUT2D eigenvalue weighted by molar-refractivity contribution is 7.98. The monoisotopic (exact) mass is 392 g/mol. The van der Waals surface area contributed by atoms with E-state index in [1.54, 1.807) is 31.8 Å². The van der Waals surface area contributed by atoms with Crippen molar-refractivity contribution >= 4 is 38.3 Å². The molecular formula is C17H20N4O3S2. The number of ether oxygens (including phenoxy) is 1. The zero-order chi connectivity index (χ0) is 18.9. The Kier molecular flexibility index (Phi) is 5.10. The van der Waals surface area contributed by atoms with E-state index in [1.165, 1.54) is 12.1 Å². The molecule has 9 heteroatoms. The molecule has 26 heavy (non-hydrogen) atoms. The number of hydrogen-bond donors (Lipinski definition) is 2. The van der Waals surface area contributed by atoms with Crippen molar-refractivity contribution < 1.29 is 13.2 Å². The van der Waals surface area contributed by atoms with E-state index >= 15 is 0 Å². The third-order valence-electron chi connectivity index (χ3n) is 4.00. The summed E-state index contributed by atoms with van der Waals surface area (Å²) in [4.78, 5) is 5.55. The molecule has 0 aliphatic heterocycles. The van der Waals surface area contributed by atoms with Gasteiger partial charge in [-0.3, -0.25) is 10.1 Å². The number of nitrogen functional groups attached to an aromatic ring is 1. The van der Waals surface area contributed by atoms with Gasteiger partial charge in [0.1, 0.15) is 17.9 Å². The Morgan fingerprint density at radius 1 is 1.31 bits per heavy atom. The van der Waals surface area contributed by atoms with Crippen LogP contribution in [0.15, 0.2) is 40.3 Å². The fourth-order valence-corrected chi connectivity index (χ4v) is 3.86. The molecule has 3 N–H and O–H groups in total. The van der Waals surface area contributed by atoms with Crippen LogP contribution in [0.3, 0.4) is 0 Å². The van der Waals surface area contributed by atoms with Gasteiger partial charge in [-0.05, 0) is 38.3 Å². The highest BCUT2D eigenvalue weighted by Gasteiger charge is 2.23. The van der Waals surface area contributed by atoms with Crippen molar-refractivity contribution in [2.75, 3.05) is 12.0 Å². The molecule has 0 spiro atoms. The first kappa shape index (κ1) is 18.5. The smallest absolute Gasteiger partial charge is 0.180 e. The molecule has 0 radical (unpaired) electrons. The molecule has 3 aromatic rings. The zero-order valence-electron chi connectivity index (χ0n) is 14.7. The minimum Gasteiger partial charge on any atom is -0.485 e. The normalized spacial score (nSPS) is 12.0. The van der Waals surface area contributed by atoms with Crippen molar-refractivity contribution in [2.24, 2.45) is 0 Å². The molecule has 0 fully saturated rings. The molecule has 7 nitrogen and oxygen atoms in total. The number of sulfone groups is 1. The summed E-state index contributed by atoms with van der Waals surface area (Å²) in [6.07, 6.45) is 3.75. The van der Waals surface area contributed by atoms with Crippen LogP contribution in [-0.4, -0.2) is 35.1 Å². The number of nitrogens with two attached hydrogens (primary N) is 1. The Morgan fingerprint density at radius 2 is 2.08 bits per heavy atom. The summed E-state index contributed by atoms with van der Waals surface area (Å²) < 4.78 is 31.0. The lowest BCUT2D eigenvalue weighted by Gasteiger charge is -2.12. The van der Waals surface area contributed by atoms with E-state index in [0.29, 0.717) is 16.7 Å². The average molecular weight is 393 g/mol. The number of nitrogens with one attached hydrogen (secondary N) is 1. The summed E-state index contributed by atoms with van der Waals surface area (Å²) in [5, 5.41) is 6.73. The van der Waals surface area contributed by atoms with Crippen molar-refractivity contribution in [3.63, 3.8) is 0 Å². The first-order chi connectivity index (χ1) is 12.3. The Morgan fingerprint density at radius 3 is 2.69 bits per heavy atom. The number of H-pyrrole nitrogens is 1. The fourth-order valence-electron chi connectivity index (χ4n) is 2.40. The van der Waals surface area contributed by atoms with Gasteiger partial charge in [-0.1, -0.05) is 0 Å². The molecule has 3 rings (SSSR count). The summed E-state index contributed by atoms with van der Waals surface area (Å²) in [6.45, 7) is 3.47. The third kappa shape index (κ3) is 3.49. The van der Waals surface area contributed by atoms with Crippen LogP contribution in [0, 0.1) is 0 Å². The first-order valence-corrected chi connectivity index (χ1v) is 10.7. The van der Waals surface area contributed by atoms with E-state index in [1.807, 2.05) is 18.4 Å². The second-order valence-corrected chi connectivity index (χ2v) is 9.41. The van der Waals surface area contributed by atoms with Crippen molar-refractivity contribution in [1.82, 2.24) is 15.2 Å². The molecule has 0 amide bonds. The van der Waals surface area contributed by atoms with E-state index in [-0.39, 0.29) is 17.3 Å². The summed E-state index contributed by atoms with van der Waals surface area (Å²) in [6, 6.07) is 6.87. The van der Waals surface area contributed by atoms with Crippen LogP contribution in [0.5, 0.6) is 5.75 Å². The van der Waals surface area contributed by atoms with Crippen LogP contribution >= 0.6 is 11.8 Å². The topological polar surface area (TPSA) is 111 Å². The number of rotatable bonds is 6. The number of pyridine rings is 1. The van der Waals surface area contributed by atoms with Gasteiger partial charge in [0.05, 0.1) is 15.8 Å². The average Bonchev–Trinajstić information content (AvgIpc) is 3.01. The SMILES string of the molecule is CSc1ccc(COc2cc(S(=O)(=O)C(C)C)cc3c(N)n[nH]c23)nc1. The molecule has 0 saturated carbocycles. The van der Waals surface area contributed by atoms with Gasteiger partial charge < -0.3 is 10.5 Å². The van der Waals surface area contributed by atoms with Crippen LogP contribution in [0.1, 0.15) is 19.5 Å². The van der Waals surface area contributed by atoms with Gasteiger partial charge in [0.15, 0.2) is 15.7 Å². The van der Waals surface area contributed by atoms with Gasteiger partial charge in [-0.25, -0.2) is 8.42 Å². The number of benzene rings is 1. The third-order valence-corrected chi connectivity index (χ3v) is 6.84. The molecule has 0 aliphatic carbocycles. The molecule has 0 atom stereocenters. The maximum Gasteiger partial charge on any atom is 0.180 e. The maximum atomic E-state index is 12.6. The zero-order valence-corrected chi connectivity index (χ0v) is 16.3. The number of thioether (sulfide) groups is 1. The Labute approximate surface area is 156 Å². The molecule has 138 valence electrons. The summed E-state index contributed by atoms with van der Waals surface area (Å²) >= 11 is 1.61. The lowest BCUT2D eigenvalue weighted by Crippen LogP contribution is -2.14. The molecule has 1 aromatic carbocycles.